The highest BCUT2D eigenvalue weighted by atomic mass is 32.2. The molecule has 0 aliphatic carbocycles. The molecule has 0 atom stereocenters. The molecule has 0 bridgehead atoms. The van der Waals surface area contributed by atoms with Crippen LogP contribution in [0.4, 0.5) is 0 Å². The quantitative estimate of drug-likeness (QED) is 0.593. The van der Waals surface area contributed by atoms with Gasteiger partial charge in [0.2, 0.25) is 0 Å². The number of nitrogens with zero attached hydrogens (tertiary/aromatic N) is 1. The third-order valence-electron chi connectivity index (χ3n) is 2.77. The van der Waals surface area contributed by atoms with E-state index >= 15 is 0 Å². The highest BCUT2D eigenvalue weighted by Crippen LogP contribution is 2.21. The molecule has 110 valence electrons. The SMILES string of the molecule is Cc1cccc(SCC(=O)c2cncc(OC(C)C)c2)c1. The van der Waals surface area contributed by atoms with Gasteiger partial charge >= 0.3 is 0 Å². The molecule has 1 aromatic heterocycles. The van der Waals surface area contributed by atoms with Gasteiger partial charge in [0.1, 0.15) is 5.75 Å². The fourth-order valence-electron chi connectivity index (χ4n) is 1.85. The van der Waals surface area contributed by atoms with Crippen LogP contribution < -0.4 is 4.74 Å². The molecule has 0 fully saturated rings. The summed E-state index contributed by atoms with van der Waals surface area (Å²) < 4.78 is 5.56. The van der Waals surface area contributed by atoms with Crippen molar-refractivity contribution in [3.63, 3.8) is 0 Å². The van der Waals surface area contributed by atoms with Crippen LogP contribution in [0.3, 0.4) is 0 Å². The second-order valence-electron chi connectivity index (χ2n) is 5.10. The molecule has 0 saturated carbocycles. The lowest BCUT2D eigenvalue weighted by atomic mass is 10.2. The van der Waals surface area contributed by atoms with Crippen LogP contribution in [0.1, 0.15) is 29.8 Å². The first-order chi connectivity index (χ1) is 10.0. The molecule has 0 N–H and O–H groups in total. The maximum Gasteiger partial charge on any atom is 0.174 e. The summed E-state index contributed by atoms with van der Waals surface area (Å²) in [5.41, 5.74) is 1.79. The molecule has 0 aliphatic rings. The maximum absolute atomic E-state index is 12.2. The van der Waals surface area contributed by atoms with Crippen molar-refractivity contribution in [1.82, 2.24) is 4.98 Å². The van der Waals surface area contributed by atoms with E-state index in [1.807, 2.05) is 39.0 Å². The normalized spacial score (nSPS) is 10.7. The van der Waals surface area contributed by atoms with E-state index in [1.54, 1.807) is 18.5 Å². The zero-order chi connectivity index (χ0) is 15.2. The summed E-state index contributed by atoms with van der Waals surface area (Å²) in [5, 5.41) is 0. The van der Waals surface area contributed by atoms with Crippen molar-refractivity contribution >= 4 is 17.5 Å². The van der Waals surface area contributed by atoms with Crippen molar-refractivity contribution in [3.8, 4) is 5.75 Å². The number of carbonyl (C=O) groups excluding carboxylic acids is 1. The van der Waals surface area contributed by atoms with Gasteiger partial charge in [0.25, 0.3) is 0 Å². The Bertz CT molecular complexity index is 626. The number of ether oxygens (including phenoxy) is 1. The van der Waals surface area contributed by atoms with E-state index in [0.717, 1.165) is 4.90 Å². The van der Waals surface area contributed by atoms with Gasteiger partial charge in [-0.2, -0.15) is 0 Å². The molecule has 2 rings (SSSR count). The average molecular weight is 301 g/mol. The second-order valence-corrected chi connectivity index (χ2v) is 6.15. The molecule has 21 heavy (non-hydrogen) atoms. The number of carbonyl (C=O) groups is 1. The maximum atomic E-state index is 12.2. The first kappa shape index (κ1) is 15.6. The van der Waals surface area contributed by atoms with Crippen LogP contribution in [0.2, 0.25) is 0 Å². The number of ketones is 1. The Morgan fingerprint density at radius 3 is 2.81 bits per heavy atom. The van der Waals surface area contributed by atoms with Gasteiger partial charge in [-0.25, -0.2) is 0 Å². The van der Waals surface area contributed by atoms with Crippen LogP contribution in [0.15, 0.2) is 47.6 Å². The molecule has 0 aliphatic heterocycles. The molecule has 4 heteroatoms. The molecule has 2 aromatic rings. The Morgan fingerprint density at radius 2 is 2.10 bits per heavy atom. The van der Waals surface area contributed by atoms with E-state index < -0.39 is 0 Å². The fraction of sp³-hybridized carbons (Fsp3) is 0.294. The molecular formula is C17H19NO2S. The molecule has 1 heterocycles. The summed E-state index contributed by atoms with van der Waals surface area (Å²) in [7, 11) is 0. The predicted molar refractivity (Wildman–Crippen MR) is 86.2 cm³/mol. The molecule has 0 spiro atoms. The van der Waals surface area contributed by atoms with Crippen LogP contribution in [-0.2, 0) is 0 Å². The van der Waals surface area contributed by atoms with Crippen LogP contribution in [0, 0.1) is 6.92 Å². The van der Waals surface area contributed by atoms with E-state index in [-0.39, 0.29) is 11.9 Å². The first-order valence-corrected chi connectivity index (χ1v) is 7.87. The zero-order valence-corrected chi connectivity index (χ0v) is 13.3. The van der Waals surface area contributed by atoms with Gasteiger partial charge in [-0.3, -0.25) is 9.78 Å². The van der Waals surface area contributed by atoms with Gasteiger partial charge in [-0.05, 0) is 39.0 Å². The summed E-state index contributed by atoms with van der Waals surface area (Å²) in [6, 6.07) is 9.89. The fourth-order valence-corrected chi connectivity index (χ4v) is 2.75. The number of Topliss-reactive ketones (excluding diaryl/α,β-unsaturated/α-hetero) is 1. The Morgan fingerprint density at radius 1 is 1.29 bits per heavy atom. The summed E-state index contributed by atoms with van der Waals surface area (Å²) in [6.07, 6.45) is 3.29. The average Bonchev–Trinajstić information content (AvgIpc) is 2.44. The minimum absolute atomic E-state index is 0.0585. The Kier molecular flexibility index (Phi) is 5.39. The lowest BCUT2D eigenvalue weighted by Gasteiger charge is -2.10. The Labute approximate surface area is 129 Å². The summed E-state index contributed by atoms with van der Waals surface area (Å²) >= 11 is 1.54. The standard InChI is InChI=1S/C17H19NO2S/c1-12(2)20-15-8-14(9-18-10-15)17(19)11-21-16-6-4-5-13(3)7-16/h4-10,12H,11H2,1-3H3. The second kappa shape index (κ2) is 7.27. The van der Waals surface area contributed by atoms with E-state index in [9.17, 15) is 4.79 Å². The number of hydrogen-bond donors (Lipinski definition) is 0. The van der Waals surface area contributed by atoms with E-state index in [4.69, 9.17) is 4.74 Å². The number of rotatable bonds is 6. The lowest BCUT2D eigenvalue weighted by Crippen LogP contribution is -2.08. The molecule has 0 unspecified atom stereocenters. The summed E-state index contributed by atoms with van der Waals surface area (Å²) in [6.45, 7) is 5.94. The molecule has 0 saturated heterocycles. The highest BCUT2D eigenvalue weighted by Gasteiger charge is 2.09. The number of hydrogen-bond acceptors (Lipinski definition) is 4. The Hall–Kier alpha value is -1.81. The van der Waals surface area contributed by atoms with Gasteiger partial charge < -0.3 is 4.74 Å². The molecular weight excluding hydrogens is 282 g/mol. The van der Waals surface area contributed by atoms with Crippen molar-refractivity contribution < 1.29 is 9.53 Å². The zero-order valence-electron chi connectivity index (χ0n) is 12.5. The summed E-state index contributed by atoms with van der Waals surface area (Å²) in [5.74, 6) is 1.09. The monoisotopic (exact) mass is 301 g/mol. The molecule has 0 amide bonds. The van der Waals surface area contributed by atoms with Crippen molar-refractivity contribution in [2.45, 2.75) is 31.8 Å². The minimum atomic E-state index is 0.0585. The summed E-state index contributed by atoms with van der Waals surface area (Å²) in [4.78, 5) is 17.4. The Balaban J connectivity index is 2.00. The van der Waals surface area contributed by atoms with Crippen LogP contribution >= 0.6 is 11.8 Å². The van der Waals surface area contributed by atoms with Crippen LogP contribution in [0.5, 0.6) is 5.75 Å². The number of aromatic nitrogens is 1. The number of thioether (sulfide) groups is 1. The third-order valence-corrected chi connectivity index (χ3v) is 3.76. The molecule has 1 aromatic carbocycles. The van der Waals surface area contributed by atoms with E-state index in [2.05, 4.69) is 11.1 Å². The van der Waals surface area contributed by atoms with Crippen LogP contribution in [-0.4, -0.2) is 22.6 Å². The van der Waals surface area contributed by atoms with Crippen molar-refractivity contribution in [3.05, 3.63) is 53.9 Å². The number of aryl methyl sites for hydroxylation is 1. The van der Waals surface area contributed by atoms with E-state index in [1.165, 1.54) is 17.3 Å². The number of benzene rings is 1. The van der Waals surface area contributed by atoms with E-state index in [0.29, 0.717) is 17.1 Å². The van der Waals surface area contributed by atoms with Gasteiger partial charge in [0.15, 0.2) is 5.78 Å². The van der Waals surface area contributed by atoms with Gasteiger partial charge in [-0.1, -0.05) is 17.7 Å². The largest absolute Gasteiger partial charge is 0.489 e. The molecule has 3 nitrogen and oxygen atoms in total. The topological polar surface area (TPSA) is 39.2 Å². The van der Waals surface area contributed by atoms with Crippen molar-refractivity contribution in [2.75, 3.05) is 5.75 Å². The van der Waals surface area contributed by atoms with Crippen LogP contribution in [0.25, 0.3) is 0 Å². The van der Waals surface area contributed by atoms with Gasteiger partial charge in [-0.15, -0.1) is 11.8 Å². The van der Waals surface area contributed by atoms with Gasteiger partial charge in [0, 0.05) is 16.7 Å². The first-order valence-electron chi connectivity index (χ1n) is 6.89. The van der Waals surface area contributed by atoms with Crippen molar-refractivity contribution in [1.29, 1.82) is 0 Å². The molecule has 0 radical (unpaired) electrons. The number of pyridine rings is 1. The smallest absolute Gasteiger partial charge is 0.174 e. The lowest BCUT2D eigenvalue weighted by molar-refractivity contribution is 0.102. The minimum Gasteiger partial charge on any atom is -0.489 e. The predicted octanol–water partition coefficient (Wildman–Crippen LogP) is 4.15. The third kappa shape index (κ3) is 4.90. The van der Waals surface area contributed by atoms with Gasteiger partial charge in [0.05, 0.1) is 18.1 Å². The van der Waals surface area contributed by atoms with Crippen molar-refractivity contribution in [2.24, 2.45) is 0 Å². The highest BCUT2D eigenvalue weighted by molar-refractivity contribution is 8.00.